The van der Waals surface area contributed by atoms with Crippen molar-refractivity contribution in [2.45, 2.75) is 206 Å². The van der Waals surface area contributed by atoms with Gasteiger partial charge in [-0.2, -0.15) is 8.42 Å². The van der Waals surface area contributed by atoms with E-state index in [1.54, 1.807) is 0 Å². The minimum absolute atomic E-state index is 0.249. The van der Waals surface area contributed by atoms with Crippen molar-refractivity contribution in [2.24, 2.45) is 0 Å². The molecule has 1 N–H and O–H groups in total. The minimum Gasteiger partial charge on any atom is -0.323 e. The summed E-state index contributed by atoms with van der Waals surface area (Å²) in [6, 6.07) is 0. The second kappa shape index (κ2) is 38.9. The van der Waals surface area contributed by atoms with Crippen molar-refractivity contribution in [1.29, 1.82) is 0 Å². The summed E-state index contributed by atoms with van der Waals surface area (Å²) in [5.41, 5.74) is 0. The lowest BCUT2D eigenvalue weighted by molar-refractivity contribution is 0.208. The average molecular weight is 620 g/mol. The predicted octanol–water partition coefficient (Wildman–Crippen LogP) is 11.8. The highest BCUT2D eigenvalue weighted by atomic mass is 32.3. The average Bonchev–Trinajstić information content (AvgIpc) is 2.97. The third-order valence-electron chi connectivity index (χ3n) is 7.95. The van der Waals surface area contributed by atoms with Gasteiger partial charge >= 0.3 is 10.4 Å². The lowest BCUT2D eigenvalue weighted by atomic mass is 10.0. The molecule has 0 radical (unpaired) electrons. The van der Waals surface area contributed by atoms with Gasteiger partial charge in [0.05, 0.1) is 13.2 Å². The van der Waals surface area contributed by atoms with Crippen LogP contribution in [0.15, 0.2) is 0 Å². The van der Waals surface area contributed by atoms with E-state index in [0.717, 1.165) is 25.7 Å². The number of nitrogens with one attached hydrogen (secondary N) is 1. The van der Waals surface area contributed by atoms with Crippen LogP contribution in [0.1, 0.15) is 206 Å². The van der Waals surface area contributed by atoms with E-state index < -0.39 is 10.4 Å². The molecule has 0 fully saturated rings. The summed E-state index contributed by atoms with van der Waals surface area (Å²) in [6.45, 7) is 5.05. The molecule has 0 amide bonds. The molecule has 256 valence electrons. The molecule has 0 heterocycles. The lowest BCUT2D eigenvalue weighted by Crippen LogP contribution is -2.12. The van der Waals surface area contributed by atoms with Gasteiger partial charge in [-0.3, -0.25) is 0 Å². The van der Waals surface area contributed by atoms with Gasteiger partial charge in [0.25, 0.3) is 0 Å². The van der Waals surface area contributed by atoms with Crippen LogP contribution in [0.4, 0.5) is 0 Å². The Labute approximate surface area is 265 Å². The topological polar surface area (TPSA) is 64.6 Å². The van der Waals surface area contributed by atoms with E-state index in [-0.39, 0.29) is 13.2 Å². The Morgan fingerprint density at radius 1 is 0.357 bits per heavy atom. The molecule has 0 aliphatic carbocycles. The fourth-order valence-electron chi connectivity index (χ4n) is 5.30. The number of rotatable bonds is 34. The molecule has 0 atom stereocenters. The van der Waals surface area contributed by atoms with E-state index in [1.165, 1.54) is 167 Å². The summed E-state index contributed by atoms with van der Waals surface area (Å²) in [5.74, 6) is 0. The van der Waals surface area contributed by atoms with Gasteiger partial charge < -0.3 is 5.32 Å². The van der Waals surface area contributed by atoms with Crippen molar-refractivity contribution in [3.63, 3.8) is 0 Å². The van der Waals surface area contributed by atoms with Crippen molar-refractivity contribution >= 4 is 10.4 Å². The Bertz CT molecular complexity index is 571. The molecular weight excluding hydrogens is 542 g/mol. The van der Waals surface area contributed by atoms with E-state index in [0.29, 0.717) is 0 Å². The van der Waals surface area contributed by atoms with Crippen LogP contribution in [-0.2, 0) is 18.8 Å². The third-order valence-corrected chi connectivity index (χ3v) is 8.86. The maximum Gasteiger partial charge on any atom is 0.399 e. The molecule has 0 spiro atoms. The van der Waals surface area contributed by atoms with Gasteiger partial charge in [0.15, 0.2) is 0 Å². The molecule has 0 saturated carbocycles. The zero-order chi connectivity index (χ0) is 31.2. The van der Waals surface area contributed by atoms with Crippen LogP contribution in [0.3, 0.4) is 0 Å². The van der Waals surface area contributed by atoms with E-state index in [2.05, 4.69) is 19.2 Å². The summed E-state index contributed by atoms with van der Waals surface area (Å²) in [4.78, 5) is 0. The first kappa shape index (κ1) is 44.0. The highest BCUT2D eigenvalue weighted by Gasteiger charge is 2.11. The van der Waals surface area contributed by atoms with Crippen molar-refractivity contribution in [3.8, 4) is 0 Å². The van der Waals surface area contributed by atoms with Gasteiger partial charge in [0, 0.05) is 0 Å². The third kappa shape index (κ3) is 42.0. The molecule has 5 nitrogen and oxygen atoms in total. The standard InChI is InChI=1S/C34H70O4S.C2H7N/c1-3-5-7-9-11-13-15-17-19-20-22-24-26-28-30-32-34-38-39(35,36)37-33-31-29-27-25-23-21-18-16-14-12-10-8-6-4-2;1-3-2/h3-34H2,1-2H3;3H,1-2H3. The smallest absolute Gasteiger partial charge is 0.323 e. The predicted molar refractivity (Wildman–Crippen MR) is 186 cm³/mol. The summed E-state index contributed by atoms with van der Waals surface area (Å²) < 4.78 is 33.8. The summed E-state index contributed by atoms with van der Waals surface area (Å²) in [6.07, 6.45) is 38.9. The number of unbranched alkanes of at least 4 members (excludes halogenated alkanes) is 28. The largest absolute Gasteiger partial charge is 0.399 e. The summed E-state index contributed by atoms with van der Waals surface area (Å²) in [5, 5.41) is 2.75. The fourth-order valence-corrected chi connectivity index (χ4v) is 6.01. The first-order valence-corrected chi connectivity index (χ1v) is 20.0. The van der Waals surface area contributed by atoms with Crippen LogP contribution in [0.5, 0.6) is 0 Å². The van der Waals surface area contributed by atoms with Crippen molar-refractivity contribution < 1.29 is 16.8 Å². The zero-order valence-corrected chi connectivity index (χ0v) is 30.0. The molecule has 0 bridgehead atoms. The monoisotopic (exact) mass is 620 g/mol. The van der Waals surface area contributed by atoms with Crippen LogP contribution in [0.25, 0.3) is 0 Å². The Balaban J connectivity index is 0. The summed E-state index contributed by atoms with van der Waals surface area (Å²) >= 11 is 0. The van der Waals surface area contributed by atoms with E-state index in [9.17, 15) is 8.42 Å². The molecule has 0 saturated heterocycles. The quantitative estimate of drug-likeness (QED) is 0.0726. The molecule has 0 aromatic rings. The molecule has 0 aromatic heterocycles. The second-order valence-corrected chi connectivity index (χ2v) is 13.7. The van der Waals surface area contributed by atoms with Crippen LogP contribution in [0.2, 0.25) is 0 Å². The van der Waals surface area contributed by atoms with Gasteiger partial charge in [-0.15, -0.1) is 0 Å². The van der Waals surface area contributed by atoms with Crippen molar-refractivity contribution in [3.05, 3.63) is 0 Å². The van der Waals surface area contributed by atoms with Crippen LogP contribution >= 0.6 is 0 Å². The molecule has 0 aromatic carbocycles. The van der Waals surface area contributed by atoms with Crippen molar-refractivity contribution in [1.82, 2.24) is 5.32 Å². The van der Waals surface area contributed by atoms with Gasteiger partial charge in [-0.05, 0) is 26.9 Å². The van der Waals surface area contributed by atoms with Crippen molar-refractivity contribution in [2.75, 3.05) is 27.3 Å². The van der Waals surface area contributed by atoms with Gasteiger partial charge in [-0.25, -0.2) is 8.37 Å². The van der Waals surface area contributed by atoms with Crippen LogP contribution in [-0.4, -0.2) is 35.7 Å². The highest BCUT2D eigenvalue weighted by molar-refractivity contribution is 7.81. The second-order valence-electron chi connectivity index (χ2n) is 12.5. The van der Waals surface area contributed by atoms with Gasteiger partial charge in [0.2, 0.25) is 0 Å². The molecule has 0 unspecified atom stereocenters. The Morgan fingerprint density at radius 2 is 0.524 bits per heavy atom. The molecule has 0 aliphatic heterocycles. The molecule has 6 heteroatoms. The van der Waals surface area contributed by atoms with E-state index in [1.807, 2.05) is 14.1 Å². The molecule has 0 aliphatic rings. The van der Waals surface area contributed by atoms with Crippen LogP contribution in [0, 0.1) is 0 Å². The highest BCUT2D eigenvalue weighted by Crippen LogP contribution is 2.15. The number of hydrogen-bond donors (Lipinski definition) is 1. The van der Waals surface area contributed by atoms with Gasteiger partial charge in [0.1, 0.15) is 0 Å². The number of hydrogen-bond acceptors (Lipinski definition) is 5. The molecule has 42 heavy (non-hydrogen) atoms. The maximum absolute atomic E-state index is 11.9. The lowest BCUT2D eigenvalue weighted by Gasteiger charge is -2.07. The fraction of sp³-hybridized carbons (Fsp3) is 1.00. The molecular formula is C36H77NO4S. The first-order chi connectivity index (χ1) is 20.5. The Hall–Kier alpha value is -0.170. The Kier molecular flexibility index (Phi) is 40.7. The Morgan fingerprint density at radius 3 is 0.714 bits per heavy atom. The van der Waals surface area contributed by atoms with Crippen LogP contribution < -0.4 is 5.32 Å². The minimum atomic E-state index is -3.82. The maximum atomic E-state index is 11.9. The van der Waals surface area contributed by atoms with Gasteiger partial charge in [-0.1, -0.05) is 194 Å². The first-order valence-electron chi connectivity index (χ1n) is 18.7. The van der Waals surface area contributed by atoms with E-state index >= 15 is 0 Å². The SMILES string of the molecule is CCCCCCCCCCCCCCCCCCOS(=O)(=O)OCCCCCCCCCCCCCCCC.CNC. The summed E-state index contributed by atoms with van der Waals surface area (Å²) in [7, 11) is -0.0702. The normalized spacial score (nSPS) is 11.5. The zero-order valence-electron chi connectivity index (χ0n) is 29.2. The van der Waals surface area contributed by atoms with E-state index in [4.69, 9.17) is 8.37 Å². The molecule has 0 rings (SSSR count).